The van der Waals surface area contributed by atoms with Gasteiger partial charge in [0, 0.05) is 24.7 Å². The third kappa shape index (κ3) is 3.75. The number of fused-ring (bicyclic) bond motifs is 1. The minimum atomic E-state index is -0.373. The van der Waals surface area contributed by atoms with Gasteiger partial charge in [-0.15, -0.1) is 0 Å². The van der Waals surface area contributed by atoms with Crippen molar-refractivity contribution in [2.75, 3.05) is 19.6 Å². The van der Waals surface area contributed by atoms with Gasteiger partial charge in [-0.25, -0.2) is 9.18 Å². The fourth-order valence-electron chi connectivity index (χ4n) is 3.68. The van der Waals surface area contributed by atoms with Gasteiger partial charge in [-0.2, -0.15) is 0 Å². The number of nitrogens with one attached hydrogen (secondary N) is 1. The van der Waals surface area contributed by atoms with Crippen LogP contribution in [0, 0.1) is 17.7 Å². The Kier molecular flexibility index (Phi) is 5.09. The number of nitrogens with zero attached hydrogens (tertiary/aromatic N) is 2. The van der Waals surface area contributed by atoms with Crippen molar-refractivity contribution in [1.29, 1.82) is 0 Å². The lowest BCUT2D eigenvalue weighted by Gasteiger charge is -2.31. The summed E-state index contributed by atoms with van der Waals surface area (Å²) in [6.45, 7) is 2.13. The summed E-state index contributed by atoms with van der Waals surface area (Å²) < 4.78 is 14.8. The molecule has 4 rings (SSSR count). The minimum Gasteiger partial charge on any atom is -0.306 e. The first-order valence-corrected chi connectivity index (χ1v) is 9.32. The summed E-state index contributed by atoms with van der Waals surface area (Å²) >= 11 is 0. The molecule has 0 radical (unpaired) electrons. The molecular weight excluding hydrogens is 357 g/mol. The van der Waals surface area contributed by atoms with E-state index in [1.165, 1.54) is 24.3 Å². The Bertz CT molecular complexity index is 1110. The second-order valence-electron chi connectivity index (χ2n) is 6.96. The van der Waals surface area contributed by atoms with Crippen LogP contribution in [0.2, 0.25) is 0 Å². The highest BCUT2D eigenvalue weighted by Gasteiger charge is 2.23. The SMILES string of the molecule is O=C(C#CCN1CCC(n2c(=O)[nH]c3ccccc32)CC1)c1ccc(F)cc1. The Morgan fingerprint density at radius 1 is 1.11 bits per heavy atom. The molecule has 1 aliphatic heterocycles. The highest BCUT2D eigenvalue weighted by Crippen LogP contribution is 2.24. The van der Waals surface area contributed by atoms with E-state index >= 15 is 0 Å². The molecule has 2 aromatic carbocycles. The Morgan fingerprint density at radius 3 is 2.57 bits per heavy atom. The van der Waals surface area contributed by atoms with Gasteiger partial charge in [0.15, 0.2) is 0 Å². The lowest BCUT2D eigenvalue weighted by Crippen LogP contribution is -2.37. The molecule has 0 spiro atoms. The van der Waals surface area contributed by atoms with Crippen molar-refractivity contribution in [3.63, 3.8) is 0 Å². The number of aromatic nitrogens is 2. The number of rotatable bonds is 3. The molecule has 1 fully saturated rings. The van der Waals surface area contributed by atoms with E-state index in [1.807, 2.05) is 28.8 Å². The molecular formula is C22H20FN3O2. The smallest absolute Gasteiger partial charge is 0.306 e. The van der Waals surface area contributed by atoms with Crippen molar-refractivity contribution < 1.29 is 9.18 Å². The first-order chi connectivity index (χ1) is 13.6. The minimum absolute atomic E-state index is 0.0654. The number of likely N-dealkylation sites (tertiary alicyclic amines) is 1. The standard InChI is InChI=1S/C22H20FN3O2/c23-17-9-7-16(8-10-17)21(27)6-3-13-25-14-11-18(12-15-25)26-20-5-2-1-4-19(20)24-22(26)28/h1-2,4-5,7-10,18H,11-15H2,(H,24,28). The number of hydrogen-bond donors (Lipinski definition) is 1. The average molecular weight is 377 g/mol. The molecule has 0 atom stereocenters. The number of ketones is 1. The number of hydrogen-bond acceptors (Lipinski definition) is 3. The fourth-order valence-corrected chi connectivity index (χ4v) is 3.68. The van der Waals surface area contributed by atoms with Crippen LogP contribution < -0.4 is 5.69 Å². The number of imidazole rings is 1. The van der Waals surface area contributed by atoms with Crippen molar-refractivity contribution in [2.24, 2.45) is 0 Å². The molecule has 1 aromatic heterocycles. The van der Waals surface area contributed by atoms with Gasteiger partial charge in [-0.1, -0.05) is 18.1 Å². The lowest BCUT2D eigenvalue weighted by atomic mass is 10.0. The molecule has 0 amide bonds. The number of piperidine rings is 1. The van der Waals surface area contributed by atoms with Crippen molar-refractivity contribution in [2.45, 2.75) is 18.9 Å². The zero-order valence-electron chi connectivity index (χ0n) is 15.3. The number of benzene rings is 2. The van der Waals surface area contributed by atoms with Crippen molar-refractivity contribution >= 4 is 16.8 Å². The zero-order chi connectivity index (χ0) is 19.5. The Balaban J connectivity index is 1.36. The second-order valence-corrected chi connectivity index (χ2v) is 6.96. The average Bonchev–Trinajstić information content (AvgIpc) is 3.05. The van der Waals surface area contributed by atoms with E-state index in [0.717, 1.165) is 37.0 Å². The van der Waals surface area contributed by atoms with E-state index in [0.29, 0.717) is 12.1 Å². The molecule has 28 heavy (non-hydrogen) atoms. The van der Waals surface area contributed by atoms with Gasteiger partial charge in [-0.3, -0.25) is 14.3 Å². The largest absolute Gasteiger partial charge is 0.326 e. The molecule has 1 N–H and O–H groups in total. The van der Waals surface area contributed by atoms with Crippen LogP contribution in [0.3, 0.4) is 0 Å². The third-order valence-corrected chi connectivity index (χ3v) is 5.16. The van der Waals surface area contributed by atoms with E-state index in [9.17, 15) is 14.0 Å². The van der Waals surface area contributed by atoms with Crippen LogP contribution in [-0.2, 0) is 0 Å². The van der Waals surface area contributed by atoms with Crippen molar-refractivity contribution in [1.82, 2.24) is 14.5 Å². The number of carbonyl (C=O) groups excluding carboxylic acids is 1. The van der Waals surface area contributed by atoms with E-state index in [4.69, 9.17) is 0 Å². The van der Waals surface area contributed by atoms with E-state index < -0.39 is 0 Å². The molecule has 0 bridgehead atoms. The Morgan fingerprint density at radius 2 is 1.82 bits per heavy atom. The Labute approximate surface area is 161 Å². The monoisotopic (exact) mass is 377 g/mol. The molecule has 142 valence electrons. The summed E-state index contributed by atoms with van der Waals surface area (Å²) in [6, 6.07) is 13.3. The molecule has 0 unspecified atom stereocenters. The van der Waals surface area contributed by atoms with Gasteiger partial charge in [0.05, 0.1) is 17.6 Å². The Hall–Kier alpha value is -3.17. The van der Waals surface area contributed by atoms with Crippen LogP contribution in [0.5, 0.6) is 0 Å². The van der Waals surface area contributed by atoms with Gasteiger partial charge < -0.3 is 4.98 Å². The normalized spacial score (nSPS) is 15.3. The molecule has 3 aromatic rings. The summed E-state index contributed by atoms with van der Waals surface area (Å²) in [4.78, 5) is 29.4. The summed E-state index contributed by atoms with van der Waals surface area (Å²) in [5.74, 6) is 4.86. The third-order valence-electron chi connectivity index (χ3n) is 5.16. The second kappa shape index (κ2) is 7.83. The summed E-state index contributed by atoms with van der Waals surface area (Å²) in [5.41, 5.74) is 2.13. The number of carbonyl (C=O) groups is 1. The van der Waals surface area contributed by atoms with Gasteiger partial charge in [-0.05, 0) is 55.2 Å². The maximum atomic E-state index is 12.9. The van der Waals surface area contributed by atoms with Crippen molar-refractivity contribution in [3.05, 3.63) is 70.4 Å². The number of halogens is 1. The summed E-state index contributed by atoms with van der Waals surface area (Å²) in [5, 5.41) is 0. The maximum absolute atomic E-state index is 12.9. The quantitative estimate of drug-likeness (QED) is 0.434. The number of H-pyrrole nitrogens is 1. The van der Waals surface area contributed by atoms with Crippen LogP contribution in [0.25, 0.3) is 11.0 Å². The summed E-state index contributed by atoms with van der Waals surface area (Å²) in [6.07, 6.45) is 1.71. The van der Waals surface area contributed by atoms with E-state index in [2.05, 4.69) is 21.7 Å². The first-order valence-electron chi connectivity index (χ1n) is 9.32. The molecule has 5 nitrogen and oxygen atoms in total. The van der Waals surface area contributed by atoms with Crippen LogP contribution in [0.4, 0.5) is 4.39 Å². The van der Waals surface area contributed by atoms with E-state index in [-0.39, 0.29) is 23.3 Å². The predicted octanol–water partition coefficient (Wildman–Crippen LogP) is 2.99. The topological polar surface area (TPSA) is 58.1 Å². The molecule has 0 aliphatic carbocycles. The van der Waals surface area contributed by atoms with Crippen LogP contribution >= 0.6 is 0 Å². The van der Waals surface area contributed by atoms with E-state index in [1.54, 1.807) is 0 Å². The molecule has 0 saturated carbocycles. The van der Waals surface area contributed by atoms with Crippen LogP contribution in [0.1, 0.15) is 29.2 Å². The first kappa shape index (κ1) is 18.2. The number of para-hydroxylation sites is 2. The maximum Gasteiger partial charge on any atom is 0.326 e. The molecule has 6 heteroatoms. The molecule has 1 aliphatic rings. The summed E-state index contributed by atoms with van der Waals surface area (Å²) in [7, 11) is 0. The van der Waals surface area contributed by atoms with Crippen LogP contribution in [-0.4, -0.2) is 39.9 Å². The van der Waals surface area contributed by atoms with Crippen molar-refractivity contribution in [3.8, 4) is 11.8 Å². The molecule has 2 heterocycles. The highest BCUT2D eigenvalue weighted by molar-refractivity contribution is 6.08. The lowest BCUT2D eigenvalue weighted by molar-refractivity contribution is 0.105. The predicted molar refractivity (Wildman–Crippen MR) is 106 cm³/mol. The van der Waals surface area contributed by atoms with Gasteiger partial charge in [0.25, 0.3) is 0 Å². The number of aromatic amines is 1. The zero-order valence-corrected chi connectivity index (χ0v) is 15.3. The number of Topliss-reactive ketones (excluding diaryl/α,β-unsaturated/α-hetero) is 1. The molecule has 1 saturated heterocycles. The van der Waals surface area contributed by atoms with Gasteiger partial charge >= 0.3 is 5.69 Å². The van der Waals surface area contributed by atoms with Gasteiger partial charge in [0.1, 0.15) is 5.82 Å². The van der Waals surface area contributed by atoms with Crippen LogP contribution in [0.15, 0.2) is 53.3 Å². The highest BCUT2D eigenvalue weighted by atomic mass is 19.1. The fraction of sp³-hybridized carbons (Fsp3) is 0.273. The van der Waals surface area contributed by atoms with Gasteiger partial charge in [0.2, 0.25) is 5.78 Å².